The molecule has 0 atom stereocenters. The van der Waals surface area contributed by atoms with Crippen molar-refractivity contribution in [3.8, 4) is 0 Å². The Bertz CT molecular complexity index is 360. The van der Waals surface area contributed by atoms with Crippen LogP contribution in [0.4, 0.5) is 11.6 Å². The van der Waals surface area contributed by atoms with Crippen LogP contribution in [0.25, 0.3) is 0 Å². The minimum atomic E-state index is 0.766. The van der Waals surface area contributed by atoms with Crippen LogP contribution < -0.4 is 16.2 Å². The van der Waals surface area contributed by atoms with Crippen molar-refractivity contribution < 1.29 is 0 Å². The molecule has 0 radical (unpaired) electrons. The summed E-state index contributed by atoms with van der Waals surface area (Å²) in [6, 6.07) is 0. The van der Waals surface area contributed by atoms with Gasteiger partial charge in [-0.25, -0.2) is 15.8 Å². The molecule has 1 aromatic rings. The first kappa shape index (κ1) is 12.1. The normalized spacial score (nSPS) is 16.0. The van der Waals surface area contributed by atoms with Gasteiger partial charge in [-0.1, -0.05) is 13.3 Å². The Hall–Kier alpha value is -1.36. The highest BCUT2D eigenvalue weighted by molar-refractivity contribution is 5.58. The minimum Gasteiger partial charge on any atom is -0.356 e. The van der Waals surface area contributed by atoms with Gasteiger partial charge in [-0.2, -0.15) is 0 Å². The van der Waals surface area contributed by atoms with Crippen molar-refractivity contribution in [2.75, 3.05) is 23.4 Å². The van der Waals surface area contributed by atoms with Crippen LogP contribution in [0.1, 0.15) is 38.2 Å². The standard InChI is InChI=1S/C12H21N5/c1-2-6-10-11(16-13)14-9-15-12(10)17-7-4-3-5-8-17/h9H,2-8,13H2,1H3,(H,14,15,16). The largest absolute Gasteiger partial charge is 0.356 e. The Labute approximate surface area is 102 Å². The molecule has 0 saturated carbocycles. The number of nitrogens with one attached hydrogen (secondary N) is 1. The molecule has 1 fully saturated rings. The molecule has 0 unspecified atom stereocenters. The van der Waals surface area contributed by atoms with Crippen LogP contribution in [-0.2, 0) is 6.42 Å². The average Bonchev–Trinajstić information content (AvgIpc) is 2.40. The Morgan fingerprint density at radius 1 is 1.29 bits per heavy atom. The third-order valence-corrected chi connectivity index (χ3v) is 3.21. The zero-order valence-electron chi connectivity index (χ0n) is 10.4. The van der Waals surface area contributed by atoms with Crippen LogP contribution in [0.15, 0.2) is 6.33 Å². The number of hydrogen-bond donors (Lipinski definition) is 2. The van der Waals surface area contributed by atoms with Crippen molar-refractivity contribution in [2.24, 2.45) is 5.84 Å². The Morgan fingerprint density at radius 3 is 2.71 bits per heavy atom. The Balaban J connectivity index is 2.30. The number of piperidine rings is 1. The summed E-state index contributed by atoms with van der Waals surface area (Å²) >= 11 is 0. The summed E-state index contributed by atoms with van der Waals surface area (Å²) in [7, 11) is 0. The molecule has 17 heavy (non-hydrogen) atoms. The van der Waals surface area contributed by atoms with Crippen molar-refractivity contribution in [2.45, 2.75) is 39.0 Å². The molecule has 0 bridgehead atoms. The summed E-state index contributed by atoms with van der Waals surface area (Å²) in [4.78, 5) is 11.0. The number of hydrazine groups is 1. The van der Waals surface area contributed by atoms with E-state index in [1.165, 1.54) is 19.3 Å². The molecule has 1 aromatic heterocycles. The lowest BCUT2D eigenvalue weighted by Gasteiger charge is -2.29. The van der Waals surface area contributed by atoms with Crippen molar-refractivity contribution >= 4 is 11.6 Å². The first-order valence-corrected chi connectivity index (χ1v) is 6.42. The van der Waals surface area contributed by atoms with Gasteiger partial charge in [-0.15, -0.1) is 0 Å². The Morgan fingerprint density at radius 2 is 2.06 bits per heavy atom. The molecule has 1 saturated heterocycles. The maximum Gasteiger partial charge on any atom is 0.148 e. The van der Waals surface area contributed by atoms with Crippen LogP contribution in [0.2, 0.25) is 0 Å². The lowest BCUT2D eigenvalue weighted by Crippen LogP contribution is -2.31. The van der Waals surface area contributed by atoms with Gasteiger partial charge in [0.25, 0.3) is 0 Å². The summed E-state index contributed by atoms with van der Waals surface area (Å²) in [6.07, 6.45) is 7.46. The van der Waals surface area contributed by atoms with Gasteiger partial charge in [0.15, 0.2) is 0 Å². The van der Waals surface area contributed by atoms with E-state index >= 15 is 0 Å². The van der Waals surface area contributed by atoms with Gasteiger partial charge in [0.1, 0.15) is 18.0 Å². The molecule has 1 aliphatic rings. The van der Waals surface area contributed by atoms with Gasteiger partial charge < -0.3 is 10.3 Å². The van der Waals surface area contributed by atoms with Gasteiger partial charge in [0, 0.05) is 18.7 Å². The van der Waals surface area contributed by atoms with Gasteiger partial charge in [-0.05, 0) is 25.7 Å². The van der Waals surface area contributed by atoms with Crippen molar-refractivity contribution in [1.29, 1.82) is 0 Å². The number of rotatable bonds is 4. The highest BCUT2D eigenvalue weighted by Crippen LogP contribution is 2.26. The van der Waals surface area contributed by atoms with Crippen LogP contribution in [0.5, 0.6) is 0 Å². The van der Waals surface area contributed by atoms with E-state index in [2.05, 4.69) is 27.2 Å². The molecule has 94 valence electrons. The van der Waals surface area contributed by atoms with Gasteiger partial charge >= 0.3 is 0 Å². The smallest absolute Gasteiger partial charge is 0.148 e. The van der Waals surface area contributed by atoms with Crippen molar-refractivity contribution in [3.05, 3.63) is 11.9 Å². The molecule has 0 spiro atoms. The summed E-state index contributed by atoms with van der Waals surface area (Å²) in [6.45, 7) is 4.35. The van der Waals surface area contributed by atoms with E-state index in [1.807, 2.05) is 0 Å². The van der Waals surface area contributed by atoms with Gasteiger partial charge in [-0.3, -0.25) is 0 Å². The first-order valence-electron chi connectivity index (χ1n) is 6.42. The molecule has 2 heterocycles. The molecule has 1 aliphatic heterocycles. The lowest BCUT2D eigenvalue weighted by molar-refractivity contribution is 0.571. The first-order chi connectivity index (χ1) is 8.36. The summed E-state index contributed by atoms with van der Waals surface area (Å²) in [5.74, 6) is 7.35. The number of aromatic nitrogens is 2. The maximum atomic E-state index is 5.52. The summed E-state index contributed by atoms with van der Waals surface area (Å²) in [5, 5.41) is 0. The number of nitrogen functional groups attached to an aromatic ring is 1. The van der Waals surface area contributed by atoms with E-state index in [9.17, 15) is 0 Å². The molecule has 0 aliphatic carbocycles. The van der Waals surface area contributed by atoms with Crippen LogP contribution >= 0.6 is 0 Å². The average molecular weight is 235 g/mol. The molecule has 0 aromatic carbocycles. The second kappa shape index (κ2) is 5.82. The molecule has 5 nitrogen and oxygen atoms in total. The van der Waals surface area contributed by atoms with Crippen LogP contribution in [-0.4, -0.2) is 23.1 Å². The number of nitrogens with two attached hydrogens (primary N) is 1. The monoisotopic (exact) mass is 235 g/mol. The number of nitrogens with zero attached hydrogens (tertiary/aromatic N) is 3. The maximum absolute atomic E-state index is 5.52. The van der Waals surface area contributed by atoms with Crippen LogP contribution in [0, 0.1) is 0 Å². The van der Waals surface area contributed by atoms with Gasteiger partial charge in [0.05, 0.1) is 0 Å². The fourth-order valence-electron chi connectivity index (χ4n) is 2.39. The molecule has 0 amide bonds. The third kappa shape index (κ3) is 2.66. The summed E-state index contributed by atoms with van der Waals surface area (Å²) < 4.78 is 0. The van der Waals surface area contributed by atoms with Crippen molar-refractivity contribution in [3.63, 3.8) is 0 Å². The van der Waals surface area contributed by atoms with Crippen LogP contribution in [0.3, 0.4) is 0 Å². The second-order valence-electron chi connectivity index (χ2n) is 4.47. The predicted octanol–water partition coefficient (Wildman–Crippen LogP) is 1.71. The molecular formula is C12H21N5. The SMILES string of the molecule is CCCc1c(NN)ncnc1N1CCCCC1. The highest BCUT2D eigenvalue weighted by Gasteiger charge is 2.18. The zero-order chi connectivity index (χ0) is 12.1. The topological polar surface area (TPSA) is 67.1 Å². The number of anilines is 2. The third-order valence-electron chi connectivity index (χ3n) is 3.21. The van der Waals surface area contributed by atoms with E-state index in [0.29, 0.717) is 0 Å². The minimum absolute atomic E-state index is 0.766. The second-order valence-corrected chi connectivity index (χ2v) is 4.47. The van der Waals surface area contributed by atoms with E-state index in [1.54, 1.807) is 6.33 Å². The predicted molar refractivity (Wildman–Crippen MR) is 69.9 cm³/mol. The fourth-order valence-corrected chi connectivity index (χ4v) is 2.39. The van der Waals surface area contributed by atoms with E-state index < -0.39 is 0 Å². The number of hydrogen-bond acceptors (Lipinski definition) is 5. The summed E-state index contributed by atoms with van der Waals surface area (Å²) in [5.41, 5.74) is 3.83. The molecule has 2 rings (SSSR count). The Kier molecular flexibility index (Phi) is 4.14. The fraction of sp³-hybridized carbons (Fsp3) is 0.667. The highest BCUT2D eigenvalue weighted by atomic mass is 15.3. The lowest BCUT2D eigenvalue weighted by atomic mass is 10.1. The van der Waals surface area contributed by atoms with Crippen molar-refractivity contribution in [1.82, 2.24) is 9.97 Å². The molecule has 5 heteroatoms. The zero-order valence-corrected chi connectivity index (χ0v) is 10.4. The molecule has 3 N–H and O–H groups in total. The van der Waals surface area contributed by atoms with E-state index in [4.69, 9.17) is 5.84 Å². The molecular weight excluding hydrogens is 214 g/mol. The van der Waals surface area contributed by atoms with E-state index in [-0.39, 0.29) is 0 Å². The van der Waals surface area contributed by atoms with E-state index in [0.717, 1.165) is 43.1 Å². The van der Waals surface area contributed by atoms with Gasteiger partial charge in [0.2, 0.25) is 0 Å². The quantitative estimate of drug-likeness (QED) is 0.614.